The molecule has 0 amide bonds. The molecule has 1 aliphatic rings. The fourth-order valence-electron chi connectivity index (χ4n) is 2.42. The second kappa shape index (κ2) is 6.97. The maximum Gasteiger partial charge on any atom is 0.0234 e. The average molecular weight is 292 g/mol. The highest BCUT2D eigenvalue weighted by atomic mass is 32.2. The quantitative estimate of drug-likeness (QED) is 0.914. The lowest BCUT2D eigenvalue weighted by Gasteiger charge is -2.30. The monoisotopic (exact) mass is 292 g/mol. The fourth-order valence-corrected chi connectivity index (χ4v) is 3.50. The highest BCUT2D eigenvalue weighted by Crippen LogP contribution is 2.19. The Labute approximate surface area is 128 Å². The molecule has 2 rings (SSSR count). The van der Waals surface area contributed by atoms with Gasteiger partial charge in [0.15, 0.2) is 0 Å². The van der Waals surface area contributed by atoms with Gasteiger partial charge in [-0.3, -0.25) is 4.90 Å². The number of hydrogen-bond donors (Lipinski definition) is 1. The Hall–Kier alpha value is -0.510. The SMILES string of the molecule is CC1CN(Cc2ccc(CNC(C)(C)C)cc2)CCS1. The van der Waals surface area contributed by atoms with Crippen LogP contribution in [0.1, 0.15) is 38.8 Å². The van der Waals surface area contributed by atoms with Crippen molar-refractivity contribution < 1.29 is 0 Å². The van der Waals surface area contributed by atoms with Gasteiger partial charge in [0.2, 0.25) is 0 Å². The molecule has 1 aromatic carbocycles. The van der Waals surface area contributed by atoms with Crippen LogP contribution in [0.3, 0.4) is 0 Å². The minimum atomic E-state index is 0.181. The summed E-state index contributed by atoms with van der Waals surface area (Å²) in [6, 6.07) is 9.09. The van der Waals surface area contributed by atoms with E-state index in [1.54, 1.807) is 0 Å². The van der Waals surface area contributed by atoms with Crippen LogP contribution in [0.5, 0.6) is 0 Å². The summed E-state index contributed by atoms with van der Waals surface area (Å²) in [4.78, 5) is 2.57. The molecule has 112 valence electrons. The summed E-state index contributed by atoms with van der Waals surface area (Å²) < 4.78 is 0. The van der Waals surface area contributed by atoms with E-state index in [4.69, 9.17) is 0 Å². The molecule has 1 heterocycles. The molecule has 0 spiro atoms. The predicted molar refractivity (Wildman–Crippen MR) is 90.2 cm³/mol. The van der Waals surface area contributed by atoms with Crippen molar-refractivity contribution in [1.82, 2.24) is 10.2 Å². The molecule has 2 nitrogen and oxygen atoms in total. The molecule has 1 aliphatic heterocycles. The molecular weight excluding hydrogens is 264 g/mol. The van der Waals surface area contributed by atoms with E-state index in [0.717, 1.165) is 18.3 Å². The Morgan fingerprint density at radius 1 is 1.20 bits per heavy atom. The van der Waals surface area contributed by atoms with E-state index >= 15 is 0 Å². The molecule has 1 atom stereocenters. The van der Waals surface area contributed by atoms with Gasteiger partial charge in [0, 0.05) is 42.7 Å². The third-order valence-electron chi connectivity index (χ3n) is 3.58. The van der Waals surface area contributed by atoms with Gasteiger partial charge in [-0.05, 0) is 31.9 Å². The largest absolute Gasteiger partial charge is 0.308 e. The number of nitrogens with zero attached hydrogens (tertiary/aromatic N) is 1. The van der Waals surface area contributed by atoms with Gasteiger partial charge in [0.1, 0.15) is 0 Å². The Kier molecular flexibility index (Phi) is 5.53. The van der Waals surface area contributed by atoms with Gasteiger partial charge >= 0.3 is 0 Å². The molecule has 0 aromatic heterocycles. The van der Waals surface area contributed by atoms with E-state index in [9.17, 15) is 0 Å². The van der Waals surface area contributed by atoms with E-state index < -0.39 is 0 Å². The van der Waals surface area contributed by atoms with Crippen LogP contribution >= 0.6 is 11.8 Å². The number of nitrogens with one attached hydrogen (secondary N) is 1. The van der Waals surface area contributed by atoms with Crippen molar-refractivity contribution in [2.75, 3.05) is 18.8 Å². The molecule has 1 saturated heterocycles. The molecule has 1 fully saturated rings. The topological polar surface area (TPSA) is 15.3 Å². The van der Waals surface area contributed by atoms with Gasteiger partial charge in [0.25, 0.3) is 0 Å². The van der Waals surface area contributed by atoms with Gasteiger partial charge < -0.3 is 5.32 Å². The molecule has 1 aromatic rings. The normalized spacial score (nSPS) is 21.1. The van der Waals surface area contributed by atoms with Crippen LogP contribution < -0.4 is 5.32 Å². The highest BCUT2D eigenvalue weighted by molar-refractivity contribution is 7.99. The van der Waals surface area contributed by atoms with Crippen molar-refractivity contribution in [3.63, 3.8) is 0 Å². The van der Waals surface area contributed by atoms with Crippen molar-refractivity contribution >= 4 is 11.8 Å². The van der Waals surface area contributed by atoms with Gasteiger partial charge in [-0.15, -0.1) is 0 Å². The summed E-state index contributed by atoms with van der Waals surface area (Å²) in [5, 5.41) is 4.31. The van der Waals surface area contributed by atoms with E-state index in [1.165, 1.54) is 30.0 Å². The Morgan fingerprint density at radius 2 is 1.85 bits per heavy atom. The van der Waals surface area contributed by atoms with E-state index in [0.29, 0.717) is 0 Å². The first-order chi connectivity index (χ1) is 9.42. The van der Waals surface area contributed by atoms with Crippen molar-refractivity contribution in [3.8, 4) is 0 Å². The highest BCUT2D eigenvalue weighted by Gasteiger charge is 2.16. The maximum absolute atomic E-state index is 3.53. The molecule has 20 heavy (non-hydrogen) atoms. The summed E-state index contributed by atoms with van der Waals surface area (Å²) in [6.07, 6.45) is 0. The smallest absolute Gasteiger partial charge is 0.0234 e. The minimum absolute atomic E-state index is 0.181. The van der Waals surface area contributed by atoms with Gasteiger partial charge in [0.05, 0.1) is 0 Å². The minimum Gasteiger partial charge on any atom is -0.308 e. The van der Waals surface area contributed by atoms with E-state index in [2.05, 4.69) is 73.9 Å². The third-order valence-corrected chi connectivity index (χ3v) is 4.71. The van der Waals surface area contributed by atoms with Crippen LogP contribution in [-0.2, 0) is 13.1 Å². The standard InChI is InChI=1S/C17H28N2S/c1-14-12-19(9-10-20-14)13-16-7-5-15(6-8-16)11-18-17(2,3)4/h5-8,14,18H,9-13H2,1-4H3. The molecule has 1 unspecified atom stereocenters. The first-order valence-corrected chi connectivity index (χ1v) is 8.64. The molecule has 0 aliphatic carbocycles. The van der Waals surface area contributed by atoms with Crippen molar-refractivity contribution in [2.45, 2.75) is 51.6 Å². The lowest BCUT2D eigenvalue weighted by Crippen LogP contribution is -2.36. The number of benzene rings is 1. The zero-order valence-electron chi connectivity index (χ0n) is 13.3. The van der Waals surface area contributed by atoms with Crippen LogP contribution in [0.25, 0.3) is 0 Å². The zero-order valence-corrected chi connectivity index (χ0v) is 14.1. The van der Waals surface area contributed by atoms with E-state index in [1.807, 2.05) is 0 Å². The Bertz CT molecular complexity index is 408. The Balaban J connectivity index is 1.85. The summed E-state index contributed by atoms with van der Waals surface area (Å²) >= 11 is 2.09. The van der Waals surface area contributed by atoms with Crippen molar-refractivity contribution in [2.24, 2.45) is 0 Å². The number of rotatable bonds is 4. The second-order valence-corrected chi connectivity index (χ2v) is 8.38. The van der Waals surface area contributed by atoms with Gasteiger partial charge in [-0.1, -0.05) is 31.2 Å². The molecule has 1 N–H and O–H groups in total. The van der Waals surface area contributed by atoms with Gasteiger partial charge in [-0.25, -0.2) is 0 Å². The lowest BCUT2D eigenvalue weighted by molar-refractivity contribution is 0.278. The molecule has 0 saturated carbocycles. The van der Waals surface area contributed by atoms with Gasteiger partial charge in [-0.2, -0.15) is 11.8 Å². The summed E-state index contributed by atoms with van der Waals surface area (Å²) in [6.45, 7) is 13.4. The summed E-state index contributed by atoms with van der Waals surface area (Å²) in [5.74, 6) is 1.27. The van der Waals surface area contributed by atoms with Crippen LogP contribution in [0.15, 0.2) is 24.3 Å². The summed E-state index contributed by atoms with van der Waals surface area (Å²) in [7, 11) is 0. The van der Waals surface area contributed by atoms with E-state index in [-0.39, 0.29) is 5.54 Å². The average Bonchev–Trinajstić information content (AvgIpc) is 2.37. The Morgan fingerprint density at radius 3 is 2.45 bits per heavy atom. The molecule has 0 radical (unpaired) electrons. The second-order valence-electron chi connectivity index (χ2n) is 6.84. The molecule has 3 heteroatoms. The number of thioether (sulfide) groups is 1. The predicted octanol–water partition coefficient (Wildman–Crippen LogP) is 3.51. The fraction of sp³-hybridized carbons (Fsp3) is 0.647. The van der Waals surface area contributed by atoms with Crippen LogP contribution in [-0.4, -0.2) is 34.5 Å². The maximum atomic E-state index is 3.53. The number of hydrogen-bond acceptors (Lipinski definition) is 3. The lowest BCUT2D eigenvalue weighted by atomic mass is 10.1. The zero-order chi connectivity index (χ0) is 14.6. The molecular formula is C17H28N2S. The van der Waals surface area contributed by atoms with Crippen LogP contribution in [0.2, 0.25) is 0 Å². The first-order valence-electron chi connectivity index (χ1n) is 7.59. The van der Waals surface area contributed by atoms with Crippen molar-refractivity contribution in [1.29, 1.82) is 0 Å². The van der Waals surface area contributed by atoms with Crippen LogP contribution in [0, 0.1) is 0 Å². The third kappa shape index (κ3) is 5.47. The first kappa shape index (κ1) is 15.9. The van der Waals surface area contributed by atoms with Crippen LogP contribution in [0.4, 0.5) is 0 Å². The summed E-state index contributed by atoms with van der Waals surface area (Å²) in [5.41, 5.74) is 2.98. The molecule has 0 bridgehead atoms. The van der Waals surface area contributed by atoms with Crippen molar-refractivity contribution in [3.05, 3.63) is 35.4 Å².